The molecule has 3 rings (SSSR count). The summed E-state index contributed by atoms with van der Waals surface area (Å²) >= 11 is 0. The average Bonchev–Trinajstić information content (AvgIpc) is 3.04. The number of para-hydroxylation sites is 1. The third-order valence-electron chi connectivity index (χ3n) is 5.56. The van der Waals surface area contributed by atoms with Gasteiger partial charge in [-0.25, -0.2) is 10.0 Å². The smallest absolute Gasteiger partial charge is 0.307 e. The summed E-state index contributed by atoms with van der Waals surface area (Å²) in [7, 11) is 1.30. The van der Waals surface area contributed by atoms with Crippen LogP contribution in [0.2, 0.25) is 0 Å². The van der Waals surface area contributed by atoms with Gasteiger partial charge in [0.1, 0.15) is 5.92 Å². The van der Waals surface area contributed by atoms with Crippen molar-refractivity contribution in [3.8, 4) is 0 Å². The van der Waals surface area contributed by atoms with Crippen molar-refractivity contribution >= 4 is 29.2 Å². The quantitative estimate of drug-likeness (QED) is 0.458. The van der Waals surface area contributed by atoms with E-state index >= 15 is 0 Å². The summed E-state index contributed by atoms with van der Waals surface area (Å²) in [5, 5.41) is 2.75. The topological polar surface area (TPSA) is 70.2 Å². The van der Waals surface area contributed by atoms with Crippen LogP contribution < -0.4 is 9.91 Å². The van der Waals surface area contributed by atoms with Crippen molar-refractivity contribution in [2.45, 2.75) is 26.7 Å². The van der Waals surface area contributed by atoms with Gasteiger partial charge in [-0.15, -0.1) is 0 Å². The Bertz CT molecular complexity index is 910. The number of nitrogens with zero attached hydrogens (tertiary/aromatic N) is 3. The predicted octanol–water partition coefficient (Wildman–Crippen LogP) is 3.05. The molecule has 1 saturated heterocycles. The number of anilines is 2. The van der Waals surface area contributed by atoms with Crippen LogP contribution in [-0.2, 0) is 25.5 Å². The lowest BCUT2D eigenvalue weighted by molar-refractivity contribution is -0.141. The van der Waals surface area contributed by atoms with E-state index in [9.17, 15) is 14.4 Å². The summed E-state index contributed by atoms with van der Waals surface area (Å²) in [6.45, 7) is 6.12. The maximum absolute atomic E-state index is 13.3. The number of ether oxygens (including phenoxy) is 1. The minimum Gasteiger partial charge on any atom is -0.469 e. The molecule has 0 N–H and O–H groups in total. The van der Waals surface area contributed by atoms with Crippen LogP contribution in [0.15, 0.2) is 54.6 Å². The summed E-state index contributed by atoms with van der Waals surface area (Å²) in [6, 6.07) is 17.0. The molecule has 2 aromatic rings. The van der Waals surface area contributed by atoms with E-state index in [-0.39, 0.29) is 24.8 Å². The van der Waals surface area contributed by atoms with Gasteiger partial charge in [0.15, 0.2) is 0 Å². The number of hydrogen-bond acceptors (Lipinski definition) is 5. The number of benzene rings is 2. The largest absolute Gasteiger partial charge is 0.469 e. The number of amides is 2. The third kappa shape index (κ3) is 4.87. The average molecular weight is 424 g/mol. The minimum atomic E-state index is -0.822. The van der Waals surface area contributed by atoms with Gasteiger partial charge in [0.25, 0.3) is 11.8 Å². The van der Waals surface area contributed by atoms with Crippen molar-refractivity contribution in [3.05, 3.63) is 60.2 Å². The second-order valence-corrected chi connectivity index (χ2v) is 7.37. The molecule has 0 aliphatic carbocycles. The molecular weight excluding hydrogens is 394 g/mol. The SMILES string of the molecule is CCN(CC)c1ccc(CC2C(=O)N(CCC(=O)OC)N(c3ccccc3)C2=O)cc1. The Labute approximate surface area is 183 Å². The summed E-state index contributed by atoms with van der Waals surface area (Å²) in [5.74, 6) is -1.83. The van der Waals surface area contributed by atoms with Gasteiger partial charge in [-0.1, -0.05) is 30.3 Å². The van der Waals surface area contributed by atoms with Crippen LogP contribution in [0.5, 0.6) is 0 Å². The number of esters is 1. The molecule has 0 saturated carbocycles. The van der Waals surface area contributed by atoms with E-state index in [4.69, 9.17) is 4.74 Å². The monoisotopic (exact) mass is 423 g/mol. The van der Waals surface area contributed by atoms with E-state index < -0.39 is 11.9 Å². The second kappa shape index (κ2) is 10.1. The lowest BCUT2D eigenvalue weighted by Crippen LogP contribution is -2.42. The third-order valence-corrected chi connectivity index (χ3v) is 5.56. The highest BCUT2D eigenvalue weighted by Crippen LogP contribution is 2.30. The number of methoxy groups -OCH3 is 1. The molecule has 0 spiro atoms. The molecule has 7 nitrogen and oxygen atoms in total. The van der Waals surface area contributed by atoms with Crippen molar-refractivity contribution in [1.29, 1.82) is 0 Å². The van der Waals surface area contributed by atoms with Crippen LogP contribution in [0.4, 0.5) is 11.4 Å². The van der Waals surface area contributed by atoms with Gasteiger partial charge in [0, 0.05) is 18.8 Å². The normalized spacial score (nSPS) is 16.0. The van der Waals surface area contributed by atoms with Gasteiger partial charge in [-0.3, -0.25) is 14.4 Å². The molecule has 1 atom stereocenters. The Kier molecular flexibility index (Phi) is 7.28. The number of carbonyl (C=O) groups excluding carboxylic acids is 3. The standard InChI is InChI=1S/C24H29N3O4/c1-4-25(5-2)19-13-11-18(12-14-19)17-21-23(29)26(16-15-22(28)31-3)27(24(21)30)20-9-7-6-8-10-20/h6-14,21H,4-5,15-17H2,1-3H3. The maximum Gasteiger partial charge on any atom is 0.307 e. The first-order valence-corrected chi connectivity index (χ1v) is 10.6. The second-order valence-electron chi connectivity index (χ2n) is 7.37. The summed E-state index contributed by atoms with van der Waals surface area (Å²) in [5.41, 5.74) is 2.64. The molecule has 0 aromatic heterocycles. The molecule has 2 amide bonds. The Morgan fingerprint density at radius 1 is 0.968 bits per heavy atom. The minimum absolute atomic E-state index is 0.0180. The zero-order valence-electron chi connectivity index (χ0n) is 18.3. The van der Waals surface area contributed by atoms with Crippen molar-refractivity contribution in [1.82, 2.24) is 5.01 Å². The molecule has 1 heterocycles. The number of carbonyl (C=O) groups is 3. The van der Waals surface area contributed by atoms with Crippen molar-refractivity contribution < 1.29 is 19.1 Å². The van der Waals surface area contributed by atoms with E-state index in [1.807, 2.05) is 42.5 Å². The summed E-state index contributed by atoms with van der Waals surface area (Å²) in [6.07, 6.45) is 0.332. The fourth-order valence-electron chi connectivity index (χ4n) is 3.84. The van der Waals surface area contributed by atoms with Crippen molar-refractivity contribution in [3.63, 3.8) is 0 Å². The van der Waals surface area contributed by atoms with E-state index in [0.29, 0.717) is 12.1 Å². The Morgan fingerprint density at radius 3 is 2.19 bits per heavy atom. The molecule has 0 radical (unpaired) electrons. The van der Waals surface area contributed by atoms with Gasteiger partial charge < -0.3 is 9.64 Å². The van der Waals surface area contributed by atoms with Gasteiger partial charge in [-0.2, -0.15) is 0 Å². The van der Waals surface area contributed by atoms with Crippen LogP contribution in [0, 0.1) is 5.92 Å². The molecule has 1 aliphatic rings. The van der Waals surface area contributed by atoms with E-state index in [0.717, 1.165) is 24.3 Å². The lowest BCUT2D eigenvalue weighted by Gasteiger charge is -2.27. The van der Waals surface area contributed by atoms with E-state index in [2.05, 4.69) is 18.7 Å². The van der Waals surface area contributed by atoms with Crippen LogP contribution in [0.25, 0.3) is 0 Å². The lowest BCUT2D eigenvalue weighted by atomic mass is 9.98. The number of hydrogen-bond donors (Lipinski definition) is 0. The van der Waals surface area contributed by atoms with Gasteiger partial charge in [0.05, 0.1) is 25.8 Å². The first-order valence-electron chi connectivity index (χ1n) is 10.6. The first kappa shape index (κ1) is 22.3. The highest BCUT2D eigenvalue weighted by Gasteiger charge is 2.46. The molecular formula is C24H29N3O4. The highest BCUT2D eigenvalue weighted by atomic mass is 16.5. The molecule has 1 aliphatic heterocycles. The van der Waals surface area contributed by atoms with Gasteiger partial charge in [0.2, 0.25) is 0 Å². The predicted molar refractivity (Wildman–Crippen MR) is 119 cm³/mol. The molecule has 2 aromatic carbocycles. The van der Waals surface area contributed by atoms with E-state index in [1.54, 1.807) is 12.1 Å². The van der Waals surface area contributed by atoms with Crippen LogP contribution >= 0.6 is 0 Å². The molecule has 0 bridgehead atoms. The zero-order valence-corrected chi connectivity index (χ0v) is 18.3. The molecule has 31 heavy (non-hydrogen) atoms. The Morgan fingerprint density at radius 2 is 1.61 bits per heavy atom. The summed E-state index contributed by atoms with van der Waals surface area (Å²) < 4.78 is 4.70. The van der Waals surface area contributed by atoms with Gasteiger partial charge >= 0.3 is 5.97 Å². The fraction of sp³-hybridized carbons (Fsp3) is 0.375. The van der Waals surface area contributed by atoms with Crippen LogP contribution in [-0.4, -0.2) is 49.5 Å². The molecule has 1 fully saturated rings. The fourth-order valence-corrected chi connectivity index (χ4v) is 3.84. The first-order chi connectivity index (χ1) is 15.0. The van der Waals surface area contributed by atoms with Crippen molar-refractivity contribution in [2.75, 3.05) is 36.7 Å². The number of hydrazine groups is 1. The highest BCUT2D eigenvalue weighted by molar-refractivity contribution is 6.14. The molecule has 164 valence electrons. The zero-order chi connectivity index (χ0) is 22.4. The Balaban J connectivity index is 1.82. The number of rotatable bonds is 9. The molecule has 7 heteroatoms. The van der Waals surface area contributed by atoms with Gasteiger partial charge in [-0.05, 0) is 50.1 Å². The van der Waals surface area contributed by atoms with E-state index in [1.165, 1.54) is 17.1 Å². The Hall–Kier alpha value is -3.35. The summed E-state index contributed by atoms with van der Waals surface area (Å²) in [4.78, 5) is 40.3. The molecule has 1 unspecified atom stereocenters. The maximum atomic E-state index is 13.3. The van der Waals surface area contributed by atoms with Crippen molar-refractivity contribution in [2.24, 2.45) is 5.92 Å². The van der Waals surface area contributed by atoms with Crippen LogP contribution in [0.1, 0.15) is 25.8 Å². The van der Waals surface area contributed by atoms with Crippen LogP contribution in [0.3, 0.4) is 0 Å².